The minimum atomic E-state index is 0.0852. The van der Waals surface area contributed by atoms with Crippen LogP contribution in [0.5, 0.6) is 11.5 Å². The summed E-state index contributed by atoms with van der Waals surface area (Å²) in [6.07, 6.45) is 0. The van der Waals surface area contributed by atoms with Gasteiger partial charge in [-0.3, -0.25) is 0 Å². The summed E-state index contributed by atoms with van der Waals surface area (Å²) in [6, 6.07) is 11.4. The van der Waals surface area contributed by atoms with Gasteiger partial charge in [0.1, 0.15) is 0 Å². The third-order valence-electron chi connectivity index (χ3n) is 3.21. The van der Waals surface area contributed by atoms with Crippen LogP contribution in [0.15, 0.2) is 36.4 Å². The van der Waals surface area contributed by atoms with E-state index in [0.29, 0.717) is 21.5 Å². The van der Waals surface area contributed by atoms with Crippen LogP contribution in [-0.4, -0.2) is 14.2 Å². The minimum Gasteiger partial charge on any atom is -0.493 e. The number of halogens is 2. The Balaban J connectivity index is 2.19. The van der Waals surface area contributed by atoms with Gasteiger partial charge in [0, 0.05) is 11.7 Å². The van der Waals surface area contributed by atoms with E-state index in [1.54, 1.807) is 26.4 Å². The van der Waals surface area contributed by atoms with Gasteiger partial charge in [-0.25, -0.2) is 0 Å². The van der Waals surface area contributed by atoms with Gasteiger partial charge < -0.3 is 14.8 Å². The number of nitrogens with one attached hydrogen (secondary N) is 1. The first kappa shape index (κ1) is 15.8. The lowest BCUT2D eigenvalue weighted by Gasteiger charge is -2.18. The number of hydrogen-bond donors (Lipinski definition) is 1. The van der Waals surface area contributed by atoms with Gasteiger partial charge in [-0.15, -0.1) is 0 Å². The van der Waals surface area contributed by atoms with E-state index < -0.39 is 0 Å². The molecule has 3 nitrogen and oxygen atoms in total. The van der Waals surface area contributed by atoms with Crippen LogP contribution in [0.3, 0.4) is 0 Å². The summed E-state index contributed by atoms with van der Waals surface area (Å²) in [5.74, 6) is 1.42. The predicted molar refractivity (Wildman–Crippen MR) is 88.0 cm³/mol. The molecule has 2 aromatic rings. The highest BCUT2D eigenvalue weighted by Crippen LogP contribution is 2.32. The van der Waals surface area contributed by atoms with E-state index in [0.717, 1.165) is 11.3 Å². The van der Waals surface area contributed by atoms with Crippen LogP contribution in [0, 0.1) is 0 Å². The highest BCUT2D eigenvalue weighted by Gasteiger charge is 2.10. The molecule has 0 aromatic heterocycles. The Morgan fingerprint density at radius 3 is 2.24 bits per heavy atom. The molecule has 0 heterocycles. The summed E-state index contributed by atoms with van der Waals surface area (Å²) in [7, 11) is 3.24. The van der Waals surface area contributed by atoms with Crippen molar-refractivity contribution in [3.63, 3.8) is 0 Å². The van der Waals surface area contributed by atoms with Gasteiger partial charge in [0.2, 0.25) is 0 Å². The molecular formula is C16H17Cl2NO2. The molecule has 0 radical (unpaired) electrons. The van der Waals surface area contributed by atoms with E-state index in [4.69, 9.17) is 32.7 Å². The van der Waals surface area contributed by atoms with Crippen LogP contribution in [0.25, 0.3) is 0 Å². The molecule has 2 rings (SSSR count). The maximum absolute atomic E-state index is 6.02. The maximum Gasteiger partial charge on any atom is 0.161 e. The summed E-state index contributed by atoms with van der Waals surface area (Å²) in [5, 5.41) is 4.45. The first-order valence-corrected chi connectivity index (χ1v) is 7.24. The summed E-state index contributed by atoms with van der Waals surface area (Å²) >= 11 is 11.9. The summed E-state index contributed by atoms with van der Waals surface area (Å²) in [4.78, 5) is 0. The van der Waals surface area contributed by atoms with Crippen molar-refractivity contribution in [3.05, 3.63) is 52.0 Å². The van der Waals surface area contributed by atoms with Crippen molar-refractivity contribution in [2.24, 2.45) is 0 Å². The molecule has 0 aliphatic heterocycles. The number of benzene rings is 2. The number of ether oxygens (including phenoxy) is 2. The monoisotopic (exact) mass is 325 g/mol. The van der Waals surface area contributed by atoms with Crippen LogP contribution in [0.4, 0.5) is 5.69 Å². The molecule has 0 amide bonds. The molecule has 2 aromatic carbocycles. The van der Waals surface area contributed by atoms with E-state index in [1.165, 1.54) is 0 Å². The topological polar surface area (TPSA) is 30.5 Å². The van der Waals surface area contributed by atoms with E-state index in [1.807, 2.05) is 24.3 Å². The highest BCUT2D eigenvalue weighted by atomic mass is 35.5. The van der Waals surface area contributed by atoms with Gasteiger partial charge in [0.25, 0.3) is 0 Å². The normalized spacial score (nSPS) is 11.9. The SMILES string of the molecule is COc1ccc(C(C)Nc2ccc(Cl)c(Cl)c2)cc1OC. The van der Waals surface area contributed by atoms with Crippen molar-refractivity contribution in [1.29, 1.82) is 0 Å². The van der Waals surface area contributed by atoms with Gasteiger partial charge in [-0.05, 0) is 42.8 Å². The smallest absolute Gasteiger partial charge is 0.161 e. The number of anilines is 1. The molecule has 5 heteroatoms. The first-order valence-electron chi connectivity index (χ1n) is 6.48. The molecule has 1 atom stereocenters. The summed E-state index contributed by atoms with van der Waals surface area (Å²) in [6.45, 7) is 2.06. The zero-order chi connectivity index (χ0) is 15.4. The Labute approximate surface area is 134 Å². The number of hydrogen-bond acceptors (Lipinski definition) is 3. The van der Waals surface area contributed by atoms with E-state index in [2.05, 4.69) is 12.2 Å². The third-order valence-corrected chi connectivity index (χ3v) is 3.95. The zero-order valence-corrected chi connectivity index (χ0v) is 13.6. The van der Waals surface area contributed by atoms with Crippen molar-refractivity contribution in [1.82, 2.24) is 0 Å². The van der Waals surface area contributed by atoms with Crippen molar-refractivity contribution in [2.75, 3.05) is 19.5 Å². The summed E-state index contributed by atoms with van der Waals surface area (Å²) in [5.41, 5.74) is 1.99. The Morgan fingerprint density at radius 2 is 1.62 bits per heavy atom. The quantitative estimate of drug-likeness (QED) is 0.821. The molecule has 112 valence electrons. The predicted octanol–water partition coefficient (Wildman–Crippen LogP) is 5.18. The average molecular weight is 326 g/mol. The molecule has 0 bridgehead atoms. The first-order chi connectivity index (χ1) is 10.0. The lowest BCUT2D eigenvalue weighted by atomic mass is 10.1. The van der Waals surface area contributed by atoms with Gasteiger partial charge in [0.05, 0.1) is 24.3 Å². The average Bonchev–Trinajstić information content (AvgIpc) is 2.50. The molecule has 21 heavy (non-hydrogen) atoms. The maximum atomic E-state index is 6.02. The Bertz CT molecular complexity index is 632. The van der Waals surface area contributed by atoms with E-state index in [-0.39, 0.29) is 6.04 Å². The van der Waals surface area contributed by atoms with Gasteiger partial charge in [-0.2, -0.15) is 0 Å². The highest BCUT2D eigenvalue weighted by molar-refractivity contribution is 6.42. The Hall–Kier alpha value is -1.58. The molecular weight excluding hydrogens is 309 g/mol. The van der Waals surface area contributed by atoms with Crippen molar-refractivity contribution >= 4 is 28.9 Å². The molecule has 0 fully saturated rings. The molecule has 0 saturated carbocycles. The minimum absolute atomic E-state index is 0.0852. The molecule has 1 unspecified atom stereocenters. The fourth-order valence-electron chi connectivity index (χ4n) is 2.04. The lowest BCUT2D eigenvalue weighted by molar-refractivity contribution is 0.354. The molecule has 0 saturated heterocycles. The fraction of sp³-hybridized carbons (Fsp3) is 0.250. The zero-order valence-electron chi connectivity index (χ0n) is 12.1. The Morgan fingerprint density at radius 1 is 0.905 bits per heavy atom. The fourth-order valence-corrected chi connectivity index (χ4v) is 2.34. The molecule has 0 spiro atoms. The van der Waals surface area contributed by atoms with Crippen LogP contribution >= 0.6 is 23.2 Å². The van der Waals surface area contributed by atoms with E-state index >= 15 is 0 Å². The van der Waals surface area contributed by atoms with Crippen LogP contribution < -0.4 is 14.8 Å². The van der Waals surface area contributed by atoms with Crippen molar-refractivity contribution in [3.8, 4) is 11.5 Å². The van der Waals surface area contributed by atoms with Gasteiger partial charge >= 0.3 is 0 Å². The second-order valence-corrected chi connectivity index (χ2v) is 5.42. The number of rotatable bonds is 5. The van der Waals surface area contributed by atoms with Crippen LogP contribution in [0.2, 0.25) is 10.0 Å². The van der Waals surface area contributed by atoms with Crippen molar-refractivity contribution in [2.45, 2.75) is 13.0 Å². The molecule has 0 aliphatic rings. The Kier molecular flexibility index (Phi) is 5.21. The second-order valence-electron chi connectivity index (χ2n) is 4.61. The van der Waals surface area contributed by atoms with Crippen LogP contribution in [-0.2, 0) is 0 Å². The second kappa shape index (κ2) is 6.92. The largest absolute Gasteiger partial charge is 0.493 e. The van der Waals surface area contributed by atoms with Crippen molar-refractivity contribution < 1.29 is 9.47 Å². The van der Waals surface area contributed by atoms with Crippen LogP contribution in [0.1, 0.15) is 18.5 Å². The van der Waals surface area contributed by atoms with Gasteiger partial charge in [0.15, 0.2) is 11.5 Å². The standard InChI is InChI=1S/C16H17Cl2NO2/c1-10(19-12-5-6-13(17)14(18)9-12)11-4-7-15(20-2)16(8-11)21-3/h4-10,19H,1-3H3. The number of methoxy groups -OCH3 is 2. The molecule has 0 aliphatic carbocycles. The third kappa shape index (κ3) is 3.74. The van der Waals surface area contributed by atoms with E-state index in [9.17, 15) is 0 Å². The summed E-state index contributed by atoms with van der Waals surface area (Å²) < 4.78 is 10.6. The van der Waals surface area contributed by atoms with Gasteiger partial charge in [-0.1, -0.05) is 29.3 Å². The lowest BCUT2D eigenvalue weighted by Crippen LogP contribution is -2.07. The molecule has 1 N–H and O–H groups in total.